The van der Waals surface area contributed by atoms with Crippen LogP contribution in [0.3, 0.4) is 0 Å². The highest BCUT2D eigenvalue weighted by atomic mass is 127. The normalized spacial score (nSPS) is 14.4. The summed E-state index contributed by atoms with van der Waals surface area (Å²) < 4.78 is 4.06. The number of hydrogen-bond acceptors (Lipinski definition) is 4. The zero-order chi connectivity index (χ0) is 19.7. The van der Waals surface area contributed by atoms with Crippen molar-refractivity contribution in [1.29, 1.82) is 5.26 Å². The van der Waals surface area contributed by atoms with Crippen LogP contribution in [0, 0.1) is 18.3 Å². The Balaban J connectivity index is 1.96. The van der Waals surface area contributed by atoms with Gasteiger partial charge in [-0.25, -0.2) is 9.78 Å². The molecular weight excluding hydrogens is 465 g/mol. The molecule has 2 aromatic heterocycles. The molecule has 1 aliphatic rings. The minimum Gasteiger partial charge on any atom is -0.370 e. The lowest BCUT2D eigenvalue weighted by Gasteiger charge is -2.29. The molecule has 7 heteroatoms. The topological polar surface area (TPSA) is 66.8 Å². The highest BCUT2D eigenvalue weighted by molar-refractivity contribution is 14.1. The number of imidazole rings is 1. The van der Waals surface area contributed by atoms with E-state index in [1.54, 1.807) is 15.2 Å². The lowest BCUT2D eigenvalue weighted by molar-refractivity contribution is 0.578. The first-order chi connectivity index (χ1) is 13.6. The third-order valence-corrected chi connectivity index (χ3v) is 6.03. The van der Waals surface area contributed by atoms with Crippen LogP contribution in [0.1, 0.15) is 36.1 Å². The molecule has 4 rings (SSSR count). The van der Waals surface area contributed by atoms with Gasteiger partial charge < -0.3 is 4.90 Å². The van der Waals surface area contributed by atoms with E-state index in [1.165, 1.54) is 6.42 Å². The van der Waals surface area contributed by atoms with Crippen molar-refractivity contribution >= 4 is 39.4 Å². The van der Waals surface area contributed by atoms with Crippen molar-refractivity contribution in [3.63, 3.8) is 0 Å². The summed E-state index contributed by atoms with van der Waals surface area (Å²) >= 11 is 2.21. The Morgan fingerprint density at radius 3 is 2.64 bits per heavy atom. The van der Waals surface area contributed by atoms with Gasteiger partial charge >= 0.3 is 5.69 Å². The third kappa shape index (κ3) is 3.30. The summed E-state index contributed by atoms with van der Waals surface area (Å²) in [7, 11) is 0. The van der Waals surface area contributed by atoms with Crippen LogP contribution in [0.15, 0.2) is 35.1 Å². The van der Waals surface area contributed by atoms with Gasteiger partial charge in [0.2, 0.25) is 0 Å². The Hall–Kier alpha value is -2.34. The molecule has 0 radical (unpaired) electrons. The number of halogens is 1. The van der Waals surface area contributed by atoms with Crippen LogP contribution in [-0.2, 0) is 11.1 Å². The summed E-state index contributed by atoms with van der Waals surface area (Å²) in [5.74, 6) is 0. The van der Waals surface area contributed by atoms with Gasteiger partial charge in [-0.2, -0.15) is 5.26 Å². The van der Waals surface area contributed by atoms with Crippen molar-refractivity contribution in [3.05, 3.63) is 57.6 Å². The van der Waals surface area contributed by atoms with Gasteiger partial charge in [-0.05, 0) is 43.9 Å². The molecule has 1 fully saturated rings. The lowest BCUT2D eigenvalue weighted by Crippen LogP contribution is -2.30. The van der Waals surface area contributed by atoms with Gasteiger partial charge in [0, 0.05) is 18.8 Å². The number of fused-ring (bicyclic) bond motifs is 1. The number of rotatable bonds is 4. The summed E-state index contributed by atoms with van der Waals surface area (Å²) in [4.78, 5) is 20.3. The summed E-state index contributed by atoms with van der Waals surface area (Å²) in [6.07, 6.45) is 3.58. The van der Waals surface area contributed by atoms with Gasteiger partial charge in [-0.1, -0.05) is 40.8 Å². The van der Waals surface area contributed by atoms with Crippen LogP contribution in [0.25, 0.3) is 11.2 Å². The van der Waals surface area contributed by atoms with Crippen molar-refractivity contribution in [2.24, 2.45) is 0 Å². The Bertz CT molecular complexity index is 1120. The molecule has 1 aliphatic heterocycles. The first-order valence-corrected chi connectivity index (χ1v) is 11.1. The Kier molecular flexibility index (Phi) is 5.40. The molecule has 0 N–H and O–H groups in total. The molecule has 0 atom stereocenters. The highest BCUT2D eigenvalue weighted by Crippen LogP contribution is 2.30. The molecule has 0 amide bonds. The molecule has 1 aromatic carbocycles. The fourth-order valence-electron chi connectivity index (χ4n) is 3.98. The molecule has 0 spiro atoms. The molecule has 3 heterocycles. The SMILES string of the molecule is Cc1cc(N2CCCCC2)c2c(n1)n(CI)c(=O)n2Cc1ccccc1C#N. The van der Waals surface area contributed by atoms with Crippen LogP contribution in [0.2, 0.25) is 0 Å². The maximum Gasteiger partial charge on any atom is 0.331 e. The van der Waals surface area contributed by atoms with Crippen molar-refractivity contribution in [2.75, 3.05) is 18.0 Å². The molecule has 6 nitrogen and oxygen atoms in total. The Labute approximate surface area is 177 Å². The average Bonchev–Trinajstić information content (AvgIpc) is 2.99. The smallest absolute Gasteiger partial charge is 0.331 e. The molecule has 28 heavy (non-hydrogen) atoms. The number of anilines is 1. The van der Waals surface area contributed by atoms with Gasteiger partial charge in [-0.15, -0.1) is 0 Å². The maximum absolute atomic E-state index is 13.2. The van der Waals surface area contributed by atoms with Crippen LogP contribution in [0.4, 0.5) is 5.69 Å². The van der Waals surface area contributed by atoms with Crippen LogP contribution < -0.4 is 10.6 Å². The van der Waals surface area contributed by atoms with Crippen molar-refractivity contribution < 1.29 is 0 Å². The fraction of sp³-hybridized carbons (Fsp3) is 0.381. The van der Waals surface area contributed by atoms with E-state index in [0.717, 1.165) is 54.0 Å². The van der Waals surface area contributed by atoms with Crippen LogP contribution >= 0.6 is 22.6 Å². The highest BCUT2D eigenvalue weighted by Gasteiger charge is 2.23. The van der Waals surface area contributed by atoms with Gasteiger partial charge in [-0.3, -0.25) is 9.13 Å². The van der Waals surface area contributed by atoms with Crippen molar-refractivity contribution in [3.8, 4) is 6.07 Å². The molecule has 0 unspecified atom stereocenters. The van der Waals surface area contributed by atoms with Crippen LogP contribution in [0.5, 0.6) is 0 Å². The quantitative estimate of drug-likeness (QED) is 0.415. The van der Waals surface area contributed by atoms with E-state index in [9.17, 15) is 10.1 Å². The number of alkyl halides is 1. The Morgan fingerprint density at radius 1 is 1.18 bits per heavy atom. The number of pyridine rings is 1. The monoisotopic (exact) mass is 487 g/mol. The molecule has 0 saturated carbocycles. The Morgan fingerprint density at radius 2 is 1.93 bits per heavy atom. The molecule has 0 aliphatic carbocycles. The standard InChI is InChI=1S/C21H22IN5O/c1-15-11-18(25-9-5-2-6-10-25)19-20(24-15)27(14-22)21(28)26(19)13-17-8-4-3-7-16(17)12-23/h3-4,7-8,11H,2,5-6,9-10,13-14H2,1H3. The van der Waals surface area contributed by atoms with E-state index in [-0.39, 0.29) is 5.69 Å². The van der Waals surface area contributed by atoms with E-state index in [0.29, 0.717) is 16.7 Å². The minimum atomic E-state index is -0.0755. The van der Waals surface area contributed by atoms with E-state index < -0.39 is 0 Å². The second kappa shape index (κ2) is 7.95. The van der Waals surface area contributed by atoms with Gasteiger partial charge in [0.05, 0.1) is 28.4 Å². The zero-order valence-electron chi connectivity index (χ0n) is 15.9. The molecule has 3 aromatic rings. The third-order valence-electron chi connectivity index (χ3n) is 5.35. The zero-order valence-corrected chi connectivity index (χ0v) is 18.0. The summed E-state index contributed by atoms with van der Waals surface area (Å²) in [5, 5.41) is 9.46. The number of piperidine rings is 1. The summed E-state index contributed by atoms with van der Waals surface area (Å²) in [6, 6.07) is 11.8. The van der Waals surface area contributed by atoms with E-state index >= 15 is 0 Å². The summed E-state index contributed by atoms with van der Waals surface area (Å²) in [6.45, 7) is 4.35. The maximum atomic E-state index is 13.2. The minimum absolute atomic E-state index is 0.0755. The van der Waals surface area contributed by atoms with Crippen LogP contribution in [-0.4, -0.2) is 27.2 Å². The summed E-state index contributed by atoms with van der Waals surface area (Å²) in [5.41, 5.74) is 4.98. The fourth-order valence-corrected chi connectivity index (χ4v) is 4.59. The average molecular weight is 487 g/mol. The number of nitriles is 1. The van der Waals surface area contributed by atoms with Gasteiger partial charge in [0.1, 0.15) is 5.52 Å². The number of benzene rings is 1. The van der Waals surface area contributed by atoms with Gasteiger partial charge in [0.25, 0.3) is 0 Å². The predicted molar refractivity (Wildman–Crippen MR) is 119 cm³/mol. The second-order valence-electron chi connectivity index (χ2n) is 7.19. The number of hydrogen-bond donors (Lipinski definition) is 0. The van der Waals surface area contributed by atoms with E-state index in [4.69, 9.17) is 4.98 Å². The van der Waals surface area contributed by atoms with Crippen molar-refractivity contribution in [2.45, 2.75) is 37.3 Å². The number of nitrogens with zero attached hydrogens (tertiary/aromatic N) is 5. The second-order valence-corrected chi connectivity index (χ2v) is 7.87. The lowest BCUT2D eigenvalue weighted by atomic mass is 10.1. The van der Waals surface area contributed by atoms with E-state index in [2.05, 4.69) is 39.6 Å². The molecule has 0 bridgehead atoms. The first kappa shape index (κ1) is 19.0. The largest absolute Gasteiger partial charge is 0.370 e. The van der Waals surface area contributed by atoms with Crippen molar-refractivity contribution in [1.82, 2.24) is 14.1 Å². The predicted octanol–water partition coefficient (Wildman–Crippen LogP) is 3.81. The number of aromatic nitrogens is 3. The first-order valence-electron chi connectivity index (χ1n) is 9.53. The molecular formula is C21H22IN5O. The molecule has 1 saturated heterocycles. The number of aryl methyl sites for hydroxylation is 1. The van der Waals surface area contributed by atoms with Gasteiger partial charge in [0.15, 0.2) is 5.65 Å². The van der Waals surface area contributed by atoms with E-state index in [1.807, 2.05) is 25.1 Å². The molecule has 144 valence electrons.